The second-order valence-electron chi connectivity index (χ2n) is 1.86. The molecule has 0 saturated heterocycles. The maximum absolute atomic E-state index is 8.47. The summed E-state index contributed by atoms with van der Waals surface area (Å²) in [5.41, 5.74) is 0. The zero-order valence-corrected chi connectivity index (χ0v) is 8.15. The number of aliphatic hydroxyl groups is 1. The molecule has 4 nitrogen and oxygen atoms in total. The summed E-state index contributed by atoms with van der Waals surface area (Å²) in [5.74, 6) is 0. The first-order chi connectivity index (χ1) is 5.33. The largest absolute Gasteiger partial charge is 0.396 e. The Labute approximate surface area is 76.8 Å². The Kier molecular flexibility index (Phi) is 3.74. The van der Waals surface area contributed by atoms with E-state index in [1.165, 1.54) is 11.3 Å². The Morgan fingerprint density at radius 2 is 2.36 bits per heavy atom. The van der Waals surface area contributed by atoms with Crippen LogP contribution in [0.3, 0.4) is 0 Å². The molecular formula is C5H8BrN3OS. The van der Waals surface area contributed by atoms with Crippen LogP contribution in [0.2, 0.25) is 0 Å². The number of rotatable bonds is 4. The van der Waals surface area contributed by atoms with E-state index in [2.05, 4.69) is 31.4 Å². The smallest absolute Gasteiger partial charge is 0.206 e. The Morgan fingerprint density at radius 3 is 2.91 bits per heavy atom. The second-order valence-corrected chi connectivity index (χ2v) is 4.12. The molecule has 2 N–H and O–H groups in total. The van der Waals surface area contributed by atoms with Gasteiger partial charge in [-0.1, -0.05) is 11.3 Å². The SMILES string of the molecule is OCCCNc1nnc(Br)s1. The molecular weight excluding hydrogens is 230 g/mol. The number of nitrogens with zero attached hydrogens (tertiary/aromatic N) is 2. The summed E-state index contributed by atoms with van der Waals surface area (Å²) in [6.45, 7) is 0.936. The molecule has 0 fully saturated rings. The van der Waals surface area contributed by atoms with E-state index in [0.29, 0.717) is 0 Å². The van der Waals surface area contributed by atoms with Crippen LogP contribution in [-0.4, -0.2) is 28.5 Å². The first-order valence-electron chi connectivity index (χ1n) is 3.16. The first kappa shape index (κ1) is 8.89. The Hall–Kier alpha value is -0.200. The molecule has 0 unspecified atom stereocenters. The average molecular weight is 238 g/mol. The van der Waals surface area contributed by atoms with E-state index in [-0.39, 0.29) is 6.61 Å². The summed E-state index contributed by atoms with van der Waals surface area (Å²) in [6.07, 6.45) is 0.733. The van der Waals surface area contributed by atoms with Gasteiger partial charge in [0.05, 0.1) is 0 Å². The van der Waals surface area contributed by atoms with Crippen LogP contribution in [-0.2, 0) is 0 Å². The van der Waals surface area contributed by atoms with Crippen molar-refractivity contribution in [2.45, 2.75) is 6.42 Å². The minimum absolute atomic E-state index is 0.201. The summed E-state index contributed by atoms with van der Waals surface area (Å²) in [4.78, 5) is 0. The molecule has 0 aliphatic heterocycles. The fraction of sp³-hybridized carbons (Fsp3) is 0.600. The predicted octanol–water partition coefficient (Wildman–Crippen LogP) is 1.09. The van der Waals surface area contributed by atoms with Crippen molar-refractivity contribution in [2.75, 3.05) is 18.5 Å². The quantitative estimate of drug-likeness (QED) is 0.771. The Morgan fingerprint density at radius 1 is 1.55 bits per heavy atom. The van der Waals surface area contributed by atoms with E-state index in [0.717, 1.165) is 22.0 Å². The average Bonchev–Trinajstić information content (AvgIpc) is 2.37. The van der Waals surface area contributed by atoms with Gasteiger partial charge in [0.15, 0.2) is 3.92 Å². The molecule has 6 heteroatoms. The van der Waals surface area contributed by atoms with E-state index in [4.69, 9.17) is 5.11 Å². The zero-order chi connectivity index (χ0) is 8.10. The lowest BCUT2D eigenvalue weighted by Crippen LogP contribution is -2.02. The highest BCUT2D eigenvalue weighted by molar-refractivity contribution is 9.11. The Balaban J connectivity index is 2.27. The van der Waals surface area contributed by atoms with E-state index in [9.17, 15) is 0 Å². The standard InChI is InChI=1S/C5H8BrN3OS/c6-4-8-9-5(11-4)7-2-1-3-10/h10H,1-3H2,(H,7,9). The van der Waals surface area contributed by atoms with Gasteiger partial charge in [0.25, 0.3) is 0 Å². The van der Waals surface area contributed by atoms with Crippen LogP contribution < -0.4 is 5.32 Å². The summed E-state index contributed by atoms with van der Waals surface area (Å²) in [7, 11) is 0. The lowest BCUT2D eigenvalue weighted by Gasteiger charge is -1.96. The second kappa shape index (κ2) is 4.63. The van der Waals surface area contributed by atoms with Crippen molar-refractivity contribution >= 4 is 32.4 Å². The number of aromatic nitrogens is 2. The zero-order valence-electron chi connectivity index (χ0n) is 5.75. The van der Waals surface area contributed by atoms with E-state index in [1.54, 1.807) is 0 Å². The van der Waals surface area contributed by atoms with Crippen molar-refractivity contribution in [1.29, 1.82) is 0 Å². The van der Waals surface area contributed by atoms with Gasteiger partial charge < -0.3 is 10.4 Å². The molecule has 0 amide bonds. The third-order valence-electron chi connectivity index (χ3n) is 1.01. The van der Waals surface area contributed by atoms with E-state index >= 15 is 0 Å². The molecule has 0 aliphatic rings. The third kappa shape index (κ3) is 3.13. The molecule has 1 aromatic heterocycles. The summed E-state index contributed by atoms with van der Waals surface area (Å²) in [6, 6.07) is 0. The summed E-state index contributed by atoms with van der Waals surface area (Å²) >= 11 is 4.64. The molecule has 1 rings (SSSR count). The fourth-order valence-electron chi connectivity index (χ4n) is 0.551. The van der Waals surface area contributed by atoms with Crippen LogP contribution in [0.1, 0.15) is 6.42 Å². The monoisotopic (exact) mass is 237 g/mol. The summed E-state index contributed by atoms with van der Waals surface area (Å²) in [5, 5.41) is 19.8. The first-order valence-corrected chi connectivity index (χ1v) is 4.77. The normalized spacial score (nSPS) is 10.0. The van der Waals surface area contributed by atoms with Gasteiger partial charge in [-0.25, -0.2) is 0 Å². The van der Waals surface area contributed by atoms with Crippen LogP contribution >= 0.6 is 27.3 Å². The predicted molar refractivity (Wildman–Crippen MR) is 47.8 cm³/mol. The number of anilines is 1. The molecule has 1 aromatic rings. The highest BCUT2D eigenvalue weighted by Gasteiger charge is 1.98. The van der Waals surface area contributed by atoms with E-state index < -0.39 is 0 Å². The molecule has 0 bridgehead atoms. The topological polar surface area (TPSA) is 58.0 Å². The van der Waals surface area contributed by atoms with Crippen molar-refractivity contribution in [2.24, 2.45) is 0 Å². The lowest BCUT2D eigenvalue weighted by atomic mass is 10.5. The number of halogens is 1. The van der Waals surface area contributed by atoms with Crippen molar-refractivity contribution in [3.8, 4) is 0 Å². The molecule has 0 spiro atoms. The van der Waals surface area contributed by atoms with Crippen molar-refractivity contribution in [3.63, 3.8) is 0 Å². The van der Waals surface area contributed by atoms with Crippen LogP contribution in [0.15, 0.2) is 3.92 Å². The van der Waals surface area contributed by atoms with Crippen molar-refractivity contribution in [3.05, 3.63) is 3.92 Å². The van der Waals surface area contributed by atoms with Gasteiger partial charge in [0.1, 0.15) is 0 Å². The minimum atomic E-state index is 0.201. The fourth-order valence-corrected chi connectivity index (χ4v) is 1.59. The van der Waals surface area contributed by atoms with Gasteiger partial charge in [0.2, 0.25) is 5.13 Å². The maximum Gasteiger partial charge on any atom is 0.206 e. The highest BCUT2D eigenvalue weighted by Crippen LogP contribution is 2.19. The molecule has 0 radical (unpaired) electrons. The number of hydrogen-bond acceptors (Lipinski definition) is 5. The number of hydrogen-bond donors (Lipinski definition) is 2. The van der Waals surface area contributed by atoms with Crippen LogP contribution in [0, 0.1) is 0 Å². The summed E-state index contributed by atoms with van der Waals surface area (Å²) < 4.78 is 0.768. The Bertz CT molecular complexity index is 217. The van der Waals surface area contributed by atoms with Crippen molar-refractivity contribution < 1.29 is 5.11 Å². The third-order valence-corrected chi connectivity index (χ3v) is 2.33. The van der Waals surface area contributed by atoms with Crippen LogP contribution in [0.25, 0.3) is 0 Å². The molecule has 0 atom stereocenters. The highest BCUT2D eigenvalue weighted by atomic mass is 79.9. The number of aliphatic hydroxyl groups excluding tert-OH is 1. The van der Waals surface area contributed by atoms with Gasteiger partial charge >= 0.3 is 0 Å². The molecule has 11 heavy (non-hydrogen) atoms. The van der Waals surface area contributed by atoms with Gasteiger partial charge in [-0.05, 0) is 22.4 Å². The van der Waals surface area contributed by atoms with Gasteiger partial charge in [-0.3, -0.25) is 0 Å². The van der Waals surface area contributed by atoms with Gasteiger partial charge in [-0.15, -0.1) is 10.2 Å². The molecule has 1 heterocycles. The molecule has 62 valence electrons. The van der Waals surface area contributed by atoms with Crippen LogP contribution in [0.4, 0.5) is 5.13 Å². The minimum Gasteiger partial charge on any atom is -0.396 e. The van der Waals surface area contributed by atoms with Crippen molar-refractivity contribution in [1.82, 2.24) is 10.2 Å². The van der Waals surface area contributed by atoms with Crippen LogP contribution in [0.5, 0.6) is 0 Å². The van der Waals surface area contributed by atoms with Gasteiger partial charge in [0, 0.05) is 13.2 Å². The maximum atomic E-state index is 8.47. The molecule has 0 aliphatic carbocycles. The molecule has 0 aromatic carbocycles. The molecule has 0 saturated carbocycles. The lowest BCUT2D eigenvalue weighted by molar-refractivity contribution is 0.292. The number of nitrogens with one attached hydrogen (secondary N) is 1. The van der Waals surface area contributed by atoms with E-state index in [1.807, 2.05) is 0 Å². The van der Waals surface area contributed by atoms with Gasteiger partial charge in [-0.2, -0.15) is 0 Å².